The van der Waals surface area contributed by atoms with Gasteiger partial charge >= 0.3 is 0 Å². The maximum Gasteiger partial charge on any atom is 0.265 e. The Hall–Kier alpha value is -1.83. The van der Waals surface area contributed by atoms with Crippen molar-refractivity contribution < 1.29 is 8.42 Å². The van der Waals surface area contributed by atoms with Crippen LogP contribution in [0.15, 0.2) is 41.6 Å². The molecule has 0 bridgehead atoms. The van der Waals surface area contributed by atoms with Gasteiger partial charge in [0.05, 0.1) is 16.4 Å². The van der Waals surface area contributed by atoms with Gasteiger partial charge in [-0.25, -0.2) is 8.42 Å². The predicted octanol–water partition coefficient (Wildman–Crippen LogP) is 2.13. The number of hydrogen-bond acceptors (Lipinski definition) is 5. The number of pyridine rings is 1. The standard InChI is InChI=1S/C12H13ClN4O2S/c1-8-2-3-10(9(13)6-8)17-20(18,19)12-7-15-5-4-11(12)16-14/h2-7,17H,14H2,1H3,(H,15,16). The molecule has 1 aromatic heterocycles. The second kappa shape index (κ2) is 5.66. The number of anilines is 2. The number of sulfonamides is 1. The van der Waals surface area contributed by atoms with Gasteiger partial charge in [-0.05, 0) is 30.7 Å². The highest BCUT2D eigenvalue weighted by Gasteiger charge is 2.19. The van der Waals surface area contributed by atoms with Crippen LogP contribution in [0, 0.1) is 6.92 Å². The van der Waals surface area contributed by atoms with Gasteiger partial charge in [0.25, 0.3) is 10.0 Å². The van der Waals surface area contributed by atoms with Crippen molar-refractivity contribution in [3.8, 4) is 0 Å². The molecule has 0 spiro atoms. The molecule has 0 atom stereocenters. The van der Waals surface area contributed by atoms with Crippen molar-refractivity contribution in [3.63, 3.8) is 0 Å². The Balaban J connectivity index is 2.41. The lowest BCUT2D eigenvalue weighted by atomic mass is 10.2. The van der Waals surface area contributed by atoms with Crippen LogP contribution in [0.1, 0.15) is 5.56 Å². The first kappa shape index (κ1) is 14.6. The third kappa shape index (κ3) is 3.01. The minimum absolute atomic E-state index is 0.0564. The van der Waals surface area contributed by atoms with Gasteiger partial charge in [0.15, 0.2) is 0 Å². The number of aryl methyl sites for hydroxylation is 1. The first-order valence-electron chi connectivity index (χ1n) is 5.63. The van der Waals surface area contributed by atoms with Crippen LogP contribution in [0.4, 0.5) is 11.4 Å². The summed E-state index contributed by atoms with van der Waals surface area (Å²) in [6, 6.07) is 6.49. The zero-order valence-corrected chi connectivity index (χ0v) is 12.2. The number of nitrogens with zero attached hydrogens (tertiary/aromatic N) is 1. The number of halogens is 1. The summed E-state index contributed by atoms with van der Waals surface area (Å²) in [4.78, 5) is 3.73. The number of nitrogens with two attached hydrogens (primary N) is 1. The van der Waals surface area contributed by atoms with Gasteiger partial charge in [-0.1, -0.05) is 17.7 Å². The van der Waals surface area contributed by atoms with Gasteiger partial charge in [0.2, 0.25) is 0 Å². The molecule has 8 heteroatoms. The largest absolute Gasteiger partial charge is 0.323 e. The van der Waals surface area contributed by atoms with Gasteiger partial charge in [-0.2, -0.15) is 0 Å². The third-order valence-corrected chi connectivity index (χ3v) is 4.30. The van der Waals surface area contributed by atoms with Crippen molar-refractivity contribution in [2.75, 3.05) is 10.1 Å². The number of hydrazine groups is 1. The Labute approximate surface area is 122 Å². The highest BCUT2D eigenvalue weighted by molar-refractivity contribution is 7.92. The zero-order chi connectivity index (χ0) is 14.8. The topological polar surface area (TPSA) is 97.1 Å². The van der Waals surface area contributed by atoms with Crippen LogP contribution >= 0.6 is 11.6 Å². The summed E-state index contributed by atoms with van der Waals surface area (Å²) in [5.41, 5.74) is 3.79. The summed E-state index contributed by atoms with van der Waals surface area (Å²) >= 11 is 6.01. The first-order chi connectivity index (χ1) is 9.44. The van der Waals surface area contributed by atoms with Crippen molar-refractivity contribution in [2.24, 2.45) is 5.84 Å². The summed E-state index contributed by atoms with van der Waals surface area (Å²) in [5, 5.41) is 0.319. The molecule has 0 saturated heterocycles. The van der Waals surface area contributed by atoms with E-state index in [4.69, 9.17) is 17.4 Å². The molecule has 6 nitrogen and oxygen atoms in total. The Morgan fingerprint density at radius 2 is 2.00 bits per heavy atom. The van der Waals surface area contributed by atoms with E-state index in [9.17, 15) is 8.42 Å². The fourth-order valence-corrected chi connectivity index (χ4v) is 3.15. The van der Waals surface area contributed by atoms with E-state index in [0.29, 0.717) is 10.7 Å². The minimum atomic E-state index is -3.83. The lowest BCUT2D eigenvalue weighted by Crippen LogP contribution is -2.18. The molecule has 0 aliphatic heterocycles. The highest BCUT2D eigenvalue weighted by atomic mass is 35.5. The number of nitrogen functional groups attached to an aromatic ring is 1. The molecule has 2 rings (SSSR count). The van der Waals surface area contributed by atoms with Crippen LogP contribution < -0.4 is 16.0 Å². The molecular formula is C12H13ClN4O2S. The van der Waals surface area contributed by atoms with Crippen LogP contribution in [0.25, 0.3) is 0 Å². The molecule has 0 radical (unpaired) electrons. The van der Waals surface area contributed by atoms with E-state index in [2.05, 4.69) is 15.1 Å². The summed E-state index contributed by atoms with van der Waals surface area (Å²) in [5.74, 6) is 5.29. The average Bonchev–Trinajstić information content (AvgIpc) is 2.42. The summed E-state index contributed by atoms with van der Waals surface area (Å²) in [6.45, 7) is 1.86. The summed E-state index contributed by atoms with van der Waals surface area (Å²) in [6.07, 6.45) is 2.65. The van der Waals surface area contributed by atoms with Crippen LogP contribution in [0.3, 0.4) is 0 Å². The third-order valence-electron chi connectivity index (χ3n) is 2.60. The molecule has 2 aromatic rings. The fourth-order valence-electron chi connectivity index (χ4n) is 1.62. The van der Waals surface area contributed by atoms with E-state index in [1.54, 1.807) is 18.2 Å². The maximum absolute atomic E-state index is 12.3. The molecular weight excluding hydrogens is 300 g/mol. The van der Waals surface area contributed by atoms with Crippen molar-refractivity contribution >= 4 is 33.0 Å². The smallest absolute Gasteiger partial charge is 0.265 e. The van der Waals surface area contributed by atoms with Crippen LogP contribution in [0.5, 0.6) is 0 Å². The second-order valence-electron chi connectivity index (χ2n) is 4.10. The van der Waals surface area contributed by atoms with Gasteiger partial charge in [0, 0.05) is 12.4 Å². The monoisotopic (exact) mass is 312 g/mol. The number of rotatable bonds is 4. The molecule has 0 fully saturated rings. The number of benzene rings is 1. The number of aromatic nitrogens is 1. The molecule has 0 amide bonds. The normalized spacial score (nSPS) is 11.2. The summed E-state index contributed by atoms with van der Waals surface area (Å²) in [7, 11) is -3.83. The van der Waals surface area contributed by atoms with Crippen molar-refractivity contribution in [3.05, 3.63) is 47.2 Å². The van der Waals surface area contributed by atoms with E-state index >= 15 is 0 Å². The molecule has 106 valence electrons. The van der Waals surface area contributed by atoms with Crippen LogP contribution in [-0.2, 0) is 10.0 Å². The zero-order valence-electron chi connectivity index (χ0n) is 10.6. The molecule has 0 unspecified atom stereocenters. The van der Waals surface area contributed by atoms with Crippen molar-refractivity contribution in [2.45, 2.75) is 11.8 Å². The Morgan fingerprint density at radius 1 is 1.25 bits per heavy atom. The average molecular weight is 313 g/mol. The van der Waals surface area contributed by atoms with Crippen molar-refractivity contribution in [1.29, 1.82) is 0 Å². The maximum atomic E-state index is 12.3. The van der Waals surface area contributed by atoms with E-state index in [-0.39, 0.29) is 10.6 Å². The van der Waals surface area contributed by atoms with Gasteiger partial charge < -0.3 is 5.43 Å². The molecule has 1 heterocycles. The van der Waals surface area contributed by atoms with Crippen molar-refractivity contribution in [1.82, 2.24) is 4.98 Å². The minimum Gasteiger partial charge on any atom is -0.323 e. The predicted molar refractivity (Wildman–Crippen MR) is 79.0 cm³/mol. The Kier molecular flexibility index (Phi) is 4.12. The molecule has 0 aliphatic carbocycles. The van der Waals surface area contributed by atoms with Crippen LogP contribution in [0.2, 0.25) is 5.02 Å². The SMILES string of the molecule is Cc1ccc(NS(=O)(=O)c2cnccc2NN)c(Cl)c1. The van der Waals surface area contributed by atoms with E-state index in [1.807, 2.05) is 6.92 Å². The fraction of sp³-hybridized carbons (Fsp3) is 0.0833. The lowest BCUT2D eigenvalue weighted by molar-refractivity contribution is 0.601. The molecule has 1 aromatic carbocycles. The van der Waals surface area contributed by atoms with Gasteiger partial charge in [0.1, 0.15) is 4.90 Å². The first-order valence-corrected chi connectivity index (χ1v) is 7.50. The van der Waals surface area contributed by atoms with E-state index in [1.165, 1.54) is 18.5 Å². The highest BCUT2D eigenvalue weighted by Crippen LogP contribution is 2.27. The molecule has 0 aliphatic rings. The lowest BCUT2D eigenvalue weighted by Gasteiger charge is -2.12. The van der Waals surface area contributed by atoms with E-state index in [0.717, 1.165) is 5.56 Å². The quantitative estimate of drug-likeness (QED) is 0.593. The Bertz CT molecular complexity index is 734. The molecule has 4 N–H and O–H groups in total. The second-order valence-corrected chi connectivity index (χ2v) is 6.16. The number of nitrogens with one attached hydrogen (secondary N) is 2. The molecule has 0 saturated carbocycles. The van der Waals surface area contributed by atoms with Crippen LogP contribution in [-0.4, -0.2) is 13.4 Å². The summed E-state index contributed by atoms with van der Waals surface area (Å²) < 4.78 is 27.0. The van der Waals surface area contributed by atoms with E-state index < -0.39 is 10.0 Å². The number of hydrogen-bond donors (Lipinski definition) is 3. The molecule has 20 heavy (non-hydrogen) atoms. The van der Waals surface area contributed by atoms with Gasteiger partial charge in [-0.15, -0.1) is 0 Å². The Morgan fingerprint density at radius 3 is 2.65 bits per heavy atom. The van der Waals surface area contributed by atoms with Gasteiger partial charge in [-0.3, -0.25) is 15.5 Å².